The molecule has 1 saturated carbocycles. The minimum atomic E-state index is -0.379. The van der Waals surface area contributed by atoms with Crippen molar-refractivity contribution in [3.05, 3.63) is 5.82 Å². The van der Waals surface area contributed by atoms with Crippen LogP contribution in [0, 0.1) is 5.92 Å². The van der Waals surface area contributed by atoms with E-state index in [1.165, 1.54) is 30.8 Å². The summed E-state index contributed by atoms with van der Waals surface area (Å²) in [6, 6.07) is 0.273. The van der Waals surface area contributed by atoms with Gasteiger partial charge in [0.25, 0.3) is 0 Å². The third kappa shape index (κ3) is 2.95. The summed E-state index contributed by atoms with van der Waals surface area (Å²) < 4.78 is 17.3. The Morgan fingerprint density at radius 3 is 2.61 bits per heavy atom. The van der Waals surface area contributed by atoms with Crippen LogP contribution in [0.1, 0.15) is 50.3 Å². The van der Waals surface area contributed by atoms with E-state index >= 15 is 0 Å². The maximum Gasteiger partial charge on any atom is 0.223 e. The summed E-state index contributed by atoms with van der Waals surface area (Å²) in [5.41, 5.74) is 0. The number of carbonyl (C=O) groups excluding carboxylic acids is 1. The highest BCUT2D eigenvalue weighted by Gasteiger charge is 2.36. The van der Waals surface area contributed by atoms with Gasteiger partial charge < -0.3 is 9.80 Å². The van der Waals surface area contributed by atoms with Crippen LogP contribution in [0.2, 0.25) is 0 Å². The molecule has 3 heterocycles. The van der Waals surface area contributed by atoms with Crippen molar-refractivity contribution in [2.75, 3.05) is 31.2 Å². The third-order valence-electron chi connectivity index (χ3n) is 5.53. The van der Waals surface area contributed by atoms with Gasteiger partial charge in [-0.15, -0.1) is 0 Å². The molecule has 5 nitrogen and oxygen atoms in total. The average molecular weight is 338 g/mol. The normalized spacial score (nSPS) is 26.8. The summed E-state index contributed by atoms with van der Waals surface area (Å²) >= 11 is 1.51. The zero-order chi connectivity index (χ0) is 15.8. The highest BCUT2D eigenvalue weighted by molar-refractivity contribution is 7.09. The van der Waals surface area contributed by atoms with Gasteiger partial charge in [0.05, 0.1) is 6.67 Å². The Morgan fingerprint density at radius 2 is 2.00 bits per heavy atom. The number of halogens is 1. The molecule has 1 unspecified atom stereocenters. The van der Waals surface area contributed by atoms with Crippen molar-refractivity contribution in [3.63, 3.8) is 0 Å². The standard InChI is InChI=1S/C16H23FN4OS/c17-9-11-8-14(22)21(10-11)13-4-6-20(7-5-13)16-18-15(19-23-16)12-2-1-3-12/h11-13H,1-10H2. The lowest BCUT2D eigenvalue weighted by Gasteiger charge is -2.36. The van der Waals surface area contributed by atoms with E-state index in [0.717, 1.165) is 36.9 Å². The minimum Gasteiger partial charge on any atom is -0.347 e. The number of rotatable bonds is 4. The first-order chi connectivity index (χ1) is 11.2. The third-order valence-corrected chi connectivity index (χ3v) is 6.32. The van der Waals surface area contributed by atoms with Gasteiger partial charge in [-0.2, -0.15) is 4.37 Å². The molecule has 1 aromatic rings. The summed E-state index contributed by atoms with van der Waals surface area (Å²) in [4.78, 5) is 21.0. The average Bonchev–Trinajstić information content (AvgIpc) is 3.13. The van der Waals surface area contributed by atoms with Crippen molar-refractivity contribution in [2.45, 2.75) is 50.5 Å². The number of nitrogens with zero attached hydrogens (tertiary/aromatic N) is 4. The van der Waals surface area contributed by atoms with Gasteiger partial charge in [-0.3, -0.25) is 9.18 Å². The maximum atomic E-state index is 12.8. The monoisotopic (exact) mass is 338 g/mol. The van der Waals surface area contributed by atoms with Crippen LogP contribution in [0.25, 0.3) is 0 Å². The van der Waals surface area contributed by atoms with Gasteiger partial charge >= 0.3 is 0 Å². The second-order valence-corrected chi connectivity index (χ2v) is 7.78. The molecule has 1 aromatic heterocycles. The zero-order valence-electron chi connectivity index (χ0n) is 13.3. The molecule has 3 fully saturated rings. The molecule has 0 spiro atoms. The number of likely N-dealkylation sites (tertiary alicyclic amines) is 1. The van der Waals surface area contributed by atoms with Crippen LogP contribution in [-0.2, 0) is 4.79 Å². The van der Waals surface area contributed by atoms with Gasteiger partial charge in [-0.25, -0.2) is 4.98 Å². The number of hydrogen-bond acceptors (Lipinski definition) is 5. The van der Waals surface area contributed by atoms with Gasteiger partial charge in [0.2, 0.25) is 11.0 Å². The highest BCUT2D eigenvalue weighted by atomic mass is 32.1. The lowest BCUT2D eigenvalue weighted by atomic mass is 9.85. The van der Waals surface area contributed by atoms with Crippen molar-refractivity contribution in [1.82, 2.24) is 14.3 Å². The van der Waals surface area contributed by atoms with E-state index in [2.05, 4.69) is 9.27 Å². The summed E-state index contributed by atoms with van der Waals surface area (Å²) in [6.07, 6.45) is 6.04. The molecule has 2 aliphatic heterocycles. The van der Waals surface area contributed by atoms with Crippen LogP contribution in [0.5, 0.6) is 0 Å². The number of piperidine rings is 1. The Morgan fingerprint density at radius 1 is 1.22 bits per heavy atom. The van der Waals surface area contributed by atoms with Crippen molar-refractivity contribution in [2.24, 2.45) is 5.92 Å². The number of hydrogen-bond donors (Lipinski definition) is 0. The van der Waals surface area contributed by atoms with E-state index < -0.39 is 0 Å². The van der Waals surface area contributed by atoms with E-state index in [1.54, 1.807) is 0 Å². The Balaban J connectivity index is 1.34. The van der Waals surface area contributed by atoms with E-state index in [0.29, 0.717) is 18.9 Å². The molecule has 23 heavy (non-hydrogen) atoms. The first-order valence-electron chi connectivity index (χ1n) is 8.68. The van der Waals surface area contributed by atoms with Crippen molar-refractivity contribution < 1.29 is 9.18 Å². The number of aromatic nitrogens is 2. The lowest BCUT2D eigenvalue weighted by Crippen LogP contribution is -2.45. The topological polar surface area (TPSA) is 49.3 Å². The predicted molar refractivity (Wildman–Crippen MR) is 87.5 cm³/mol. The molecule has 0 radical (unpaired) electrons. The summed E-state index contributed by atoms with van der Waals surface area (Å²) in [6.45, 7) is 2.04. The molecular weight excluding hydrogens is 315 g/mol. The second-order valence-electron chi connectivity index (χ2n) is 7.05. The van der Waals surface area contributed by atoms with Crippen LogP contribution < -0.4 is 4.90 Å². The van der Waals surface area contributed by atoms with Crippen LogP contribution in [-0.4, -0.2) is 52.5 Å². The molecule has 1 aliphatic carbocycles. The molecule has 0 bridgehead atoms. The van der Waals surface area contributed by atoms with Crippen molar-refractivity contribution in [3.8, 4) is 0 Å². The molecule has 1 atom stereocenters. The fourth-order valence-electron chi connectivity index (χ4n) is 3.82. The summed E-state index contributed by atoms with van der Waals surface area (Å²) in [5.74, 6) is 1.65. The van der Waals surface area contributed by atoms with E-state index in [-0.39, 0.29) is 24.5 Å². The number of amides is 1. The Bertz CT molecular complexity index is 568. The maximum absolute atomic E-state index is 12.8. The molecule has 0 N–H and O–H groups in total. The van der Waals surface area contributed by atoms with Gasteiger partial charge in [-0.05, 0) is 25.7 Å². The number of anilines is 1. The van der Waals surface area contributed by atoms with Crippen LogP contribution in [0.4, 0.5) is 9.52 Å². The molecule has 0 aromatic carbocycles. The van der Waals surface area contributed by atoms with E-state index in [4.69, 9.17) is 4.98 Å². The summed E-state index contributed by atoms with van der Waals surface area (Å²) in [5, 5.41) is 1.03. The fourth-order valence-corrected chi connectivity index (χ4v) is 4.62. The van der Waals surface area contributed by atoms with Crippen molar-refractivity contribution in [1.29, 1.82) is 0 Å². The fraction of sp³-hybridized carbons (Fsp3) is 0.812. The number of alkyl halides is 1. The molecule has 3 aliphatic rings. The number of carbonyl (C=O) groups is 1. The van der Waals surface area contributed by atoms with Gasteiger partial charge in [-0.1, -0.05) is 6.42 Å². The second kappa shape index (κ2) is 6.34. The largest absolute Gasteiger partial charge is 0.347 e. The zero-order valence-corrected chi connectivity index (χ0v) is 14.1. The molecule has 4 rings (SSSR count). The predicted octanol–water partition coefficient (Wildman–Crippen LogP) is 2.59. The van der Waals surface area contributed by atoms with Crippen LogP contribution >= 0.6 is 11.5 Å². The molecule has 7 heteroatoms. The van der Waals surface area contributed by atoms with Crippen molar-refractivity contribution >= 4 is 22.6 Å². The van der Waals surface area contributed by atoms with Gasteiger partial charge in [0, 0.05) is 55.5 Å². The SMILES string of the molecule is O=C1CC(CF)CN1C1CCN(c2nc(C3CCC3)ns2)CC1. The van der Waals surface area contributed by atoms with Gasteiger partial charge in [0.1, 0.15) is 5.82 Å². The lowest BCUT2D eigenvalue weighted by molar-refractivity contribution is -0.130. The van der Waals surface area contributed by atoms with E-state index in [1.807, 2.05) is 4.90 Å². The molecular formula is C16H23FN4OS. The Hall–Kier alpha value is -1.24. The Kier molecular flexibility index (Phi) is 4.22. The molecule has 2 saturated heterocycles. The van der Waals surface area contributed by atoms with E-state index in [9.17, 15) is 9.18 Å². The first-order valence-corrected chi connectivity index (χ1v) is 9.46. The summed E-state index contributed by atoms with van der Waals surface area (Å²) in [7, 11) is 0. The van der Waals surface area contributed by atoms with Crippen LogP contribution in [0.15, 0.2) is 0 Å². The highest BCUT2D eigenvalue weighted by Crippen LogP contribution is 2.37. The molecule has 1 amide bonds. The van der Waals surface area contributed by atoms with Crippen LogP contribution in [0.3, 0.4) is 0 Å². The Labute approximate surface area is 140 Å². The molecule has 126 valence electrons. The van der Waals surface area contributed by atoms with Gasteiger partial charge in [0.15, 0.2) is 0 Å². The quantitative estimate of drug-likeness (QED) is 0.847. The smallest absolute Gasteiger partial charge is 0.223 e. The first kappa shape index (κ1) is 15.3. The minimum absolute atomic E-state index is 0.0891.